The first-order chi connectivity index (χ1) is 12.5. The minimum Gasteiger partial charge on any atom is -0.338 e. The van der Waals surface area contributed by atoms with Crippen molar-refractivity contribution in [2.75, 3.05) is 39.8 Å². The number of fused-ring (bicyclic) bond motifs is 1. The molecule has 7 nitrogen and oxygen atoms in total. The first kappa shape index (κ1) is 16.9. The van der Waals surface area contributed by atoms with Gasteiger partial charge in [0.05, 0.1) is 12.0 Å². The van der Waals surface area contributed by atoms with Crippen molar-refractivity contribution >= 4 is 17.8 Å². The number of hydrogen-bond acceptors (Lipinski definition) is 3. The van der Waals surface area contributed by atoms with Gasteiger partial charge in [-0.15, -0.1) is 0 Å². The van der Waals surface area contributed by atoms with Crippen LogP contribution in [0.5, 0.6) is 0 Å². The van der Waals surface area contributed by atoms with Crippen molar-refractivity contribution in [3.63, 3.8) is 0 Å². The van der Waals surface area contributed by atoms with Gasteiger partial charge in [-0.3, -0.25) is 9.59 Å². The molecule has 0 saturated carbocycles. The van der Waals surface area contributed by atoms with E-state index in [1.165, 1.54) is 0 Å². The van der Waals surface area contributed by atoms with Gasteiger partial charge in [0.1, 0.15) is 0 Å². The third kappa shape index (κ3) is 3.02. The molecule has 2 atom stereocenters. The summed E-state index contributed by atoms with van der Waals surface area (Å²) in [5.41, 5.74) is 1.08. The molecule has 3 aliphatic rings. The first-order valence-electron chi connectivity index (χ1n) is 9.15. The molecule has 0 radical (unpaired) electrons. The molecule has 3 aliphatic heterocycles. The predicted octanol–water partition coefficient (Wildman–Crippen LogP) is 0.613. The van der Waals surface area contributed by atoms with Crippen molar-refractivity contribution in [1.29, 1.82) is 0 Å². The van der Waals surface area contributed by atoms with Crippen LogP contribution in [0.25, 0.3) is 0 Å². The van der Waals surface area contributed by atoms with Crippen LogP contribution in [0.15, 0.2) is 30.3 Å². The van der Waals surface area contributed by atoms with Crippen LogP contribution in [0, 0.1) is 5.92 Å². The maximum absolute atomic E-state index is 12.9. The van der Waals surface area contributed by atoms with Gasteiger partial charge >= 0.3 is 6.03 Å². The van der Waals surface area contributed by atoms with E-state index in [0.29, 0.717) is 39.3 Å². The lowest BCUT2D eigenvalue weighted by atomic mass is 10.1. The lowest BCUT2D eigenvalue weighted by molar-refractivity contribution is -0.137. The normalized spacial score (nSPS) is 25.9. The fraction of sp³-hybridized carbons (Fsp3) is 0.526. The van der Waals surface area contributed by atoms with Gasteiger partial charge in [-0.1, -0.05) is 30.3 Å². The summed E-state index contributed by atoms with van der Waals surface area (Å²) in [5, 5.41) is 0. The van der Waals surface area contributed by atoms with Crippen molar-refractivity contribution in [2.45, 2.75) is 19.0 Å². The molecule has 7 heteroatoms. The number of benzene rings is 1. The Morgan fingerprint density at radius 1 is 1.08 bits per heavy atom. The number of likely N-dealkylation sites (N-methyl/N-ethyl adjacent to an activating group) is 1. The second-order valence-electron chi connectivity index (χ2n) is 7.46. The van der Waals surface area contributed by atoms with Gasteiger partial charge in [-0.05, 0) is 5.56 Å². The molecule has 3 heterocycles. The van der Waals surface area contributed by atoms with E-state index in [4.69, 9.17) is 0 Å². The van der Waals surface area contributed by atoms with Gasteiger partial charge in [-0.2, -0.15) is 0 Å². The zero-order valence-electron chi connectivity index (χ0n) is 15.0. The molecule has 0 N–H and O–H groups in total. The third-order valence-corrected chi connectivity index (χ3v) is 5.63. The molecule has 1 aromatic carbocycles. The highest BCUT2D eigenvalue weighted by Crippen LogP contribution is 2.25. The Balaban J connectivity index is 1.37. The summed E-state index contributed by atoms with van der Waals surface area (Å²) in [6.07, 6.45) is 0.287. The van der Waals surface area contributed by atoms with E-state index in [9.17, 15) is 14.4 Å². The number of amides is 4. The monoisotopic (exact) mass is 356 g/mol. The van der Waals surface area contributed by atoms with Gasteiger partial charge < -0.3 is 19.6 Å². The molecule has 26 heavy (non-hydrogen) atoms. The minimum absolute atomic E-state index is 0.0432. The van der Waals surface area contributed by atoms with E-state index in [2.05, 4.69) is 0 Å². The third-order valence-electron chi connectivity index (χ3n) is 5.63. The molecule has 2 unspecified atom stereocenters. The van der Waals surface area contributed by atoms with E-state index >= 15 is 0 Å². The quantitative estimate of drug-likeness (QED) is 0.797. The number of carbonyl (C=O) groups is 3. The summed E-state index contributed by atoms with van der Waals surface area (Å²) in [6.45, 7) is 3.40. The Hall–Kier alpha value is -2.57. The Morgan fingerprint density at radius 2 is 1.85 bits per heavy atom. The molecule has 3 saturated heterocycles. The molecule has 1 aromatic rings. The molecule has 0 bridgehead atoms. The van der Waals surface area contributed by atoms with Crippen molar-refractivity contribution in [2.24, 2.45) is 5.92 Å². The van der Waals surface area contributed by atoms with Gasteiger partial charge in [0.2, 0.25) is 11.8 Å². The van der Waals surface area contributed by atoms with Crippen molar-refractivity contribution < 1.29 is 14.4 Å². The molecule has 0 spiro atoms. The van der Waals surface area contributed by atoms with Gasteiger partial charge in [0.15, 0.2) is 0 Å². The van der Waals surface area contributed by atoms with Crippen LogP contribution in [0.3, 0.4) is 0 Å². The highest BCUT2D eigenvalue weighted by Gasteiger charge is 2.43. The van der Waals surface area contributed by atoms with Crippen LogP contribution >= 0.6 is 0 Å². The lowest BCUT2D eigenvalue weighted by Crippen LogP contribution is -2.55. The number of carbonyl (C=O) groups excluding carboxylic acids is 3. The second kappa shape index (κ2) is 6.63. The summed E-state index contributed by atoms with van der Waals surface area (Å²) >= 11 is 0. The lowest BCUT2D eigenvalue weighted by Gasteiger charge is -2.37. The fourth-order valence-corrected chi connectivity index (χ4v) is 4.23. The Bertz CT molecular complexity index is 723. The average Bonchev–Trinajstić information content (AvgIpc) is 3.15. The largest absolute Gasteiger partial charge is 0.338 e. The number of urea groups is 1. The van der Waals surface area contributed by atoms with E-state index in [-0.39, 0.29) is 36.2 Å². The van der Waals surface area contributed by atoms with E-state index in [1.54, 1.807) is 16.8 Å². The summed E-state index contributed by atoms with van der Waals surface area (Å²) in [6, 6.07) is 9.97. The smallest absolute Gasteiger partial charge is 0.320 e. The summed E-state index contributed by atoms with van der Waals surface area (Å²) in [5.74, 6) is -0.176. The SMILES string of the molecule is CN1CC2CN(C(=O)C3CC(=O)N(Cc4ccccc4)C3)CCN2C1=O. The van der Waals surface area contributed by atoms with Gasteiger partial charge in [0, 0.05) is 52.7 Å². The van der Waals surface area contributed by atoms with Crippen molar-refractivity contribution in [3.8, 4) is 0 Å². The molecule has 4 rings (SSSR count). The second-order valence-corrected chi connectivity index (χ2v) is 7.46. The first-order valence-corrected chi connectivity index (χ1v) is 9.15. The van der Waals surface area contributed by atoms with E-state index in [1.807, 2.05) is 40.1 Å². The maximum Gasteiger partial charge on any atom is 0.320 e. The topological polar surface area (TPSA) is 64.2 Å². The van der Waals surface area contributed by atoms with Crippen LogP contribution in [-0.4, -0.2) is 83.3 Å². The highest BCUT2D eigenvalue weighted by molar-refractivity contribution is 5.89. The zero-order valence-corrected chi connectivity index (χ0v) is 15.0. The summed E-state index contributed by atoms with van der Waals surface area (Å²) < 4.78 is 0. The van der Waals surface area contributed by atoms with Crippen LogP contribution in [-0.2, 0) is 16.1 Å². The highest BCUT2D eigenvalue weighted by atomic mass is 16.2. The number of likely N-dealkylation sites (tertiary alicyclic amines) is 1. The van der Waals surface area contributed by atoms with Crippen molar-refractivity contribution in [1.82, 2.24) is 19.6 Å². The molecule has 138 valence electrons. The number of piperazine rings is 1. The van der Waals surface area contributed by atoms with E-state index in [0.717, 1.165) is 5.56 Å². The van der Waals surface area contributed by atoms with Gasteiger partial charge in [0.25, 0.3) is 0 Å². The molecule has 0 aliphatic carbocycles. The Morgan fingerprint density at radius 3 is 2.62 bits per heavy atom. The molecule has 3 fully saturated rings. The predicted molar refractivity (Wildman–Crippen MR) is 95.1 cm³/mol. The van der Waals surface area contributed by atoms with Crippen LogP contribution in [0.1, 0.15) is 12.0 Å². The molecular weight excluding hydrogens is 332 g/mol. The number of nitrogens with zero attached hydrogens (tertiary/aromatic N) is 4. The van der Waals surface area contributed by atoms with Crippen LogP contribution < -0.4 is 0 Å². The number of rotatable bonds is 3. The Kier molecular flexibility index (Phi) is 4.30. The van der Waals surface area contributed by atoms with Crippen LogP contribution in [0.4, 0.5) is 4.79 Å². The average molecular weight is 356 g/mol. The summed E-state index contributed by atoms with van der Waals surface area (Å²) in [4.78, 5) is 44.5. The van der Waals surface area contributed by atoms with Gasteiger partial charge in [-0.25, -0.2) is 4.79 Å². The molecular formula is C19H24N4O3. The zero-order chi connectivity index (χ0) is 18.3. The number of hydrogen-bond donors (Lipinski definition) is 0. The fourth-order valence-electron chi connectivity index (χ4n) is 4.23. The Labute approximate surface area is 153 Å². The summed E-state index contributed by atoms with van der Waals surface area (Å²) in [7, 11) is 1.80. The minimum atomic E-state index is -0.271. The standard InChI is InChI=1S/C19H24N4O3/c1-20-12-16-13-21(7-8-23(16)19(20)26)18(25)15-9-17(24)22(11-15)10-14-5-3-2-4-6-14/h2-6,15-16H,7-13H2,1H3. The maximum atomic E-state index is 12.9. The van der Waals surface area contributed by atoms with E-state index < -0.39 is 0 Å². The van der Waals surface area contributed by atoms with Crippen LogP contribution in [0.2, 0.25) is 0 Å². The molecule has 4 amide bonds. The van der Waals surface area contributed by atoms with Crippen molar-refractivity contribution in [3.05, 3.63) is 35.9 Å². The molecule has 0 aromatic heterocycles.